The number of hydrogen-bond acceptors (Lipinski definition) is 3. The van der Waals surface area contributed by atoms with E-state index in [4.69, 9.17) is 17.3 Å². The minimum absolute atomic E-state index is 0.508. The summed E-state index contributed by atoms with van der Waals surface area (Å²) >= 11 is 7.50. The smallest absolute Gasteiger partial charge is 0.107 e. The van der Waals surface area contributed by atoms with Gasteiger partial charge in [0.15, 0.2) is 0 Å². The zero-order chi connectivity index (χ0) is 13.4. The molecule has 1 unspecified atom stereocenters. The maximum Gasteiger partial charge on any atom is 0.107 e. The molecule has 1 heterocycles. The van der Waals surface area contributed by atoms with Gasteiger partial charge in [0, 0.05) is 26.5 Å². The van der Waals surface area contributed by atoms with Crippen LogP contribution in [0.15, 0.2) is 47.8 Å². The van der Waals surface area contributed by atoms with Crippen molar-refractivity contribution in [3.63, 3.8) is 0 Å². The van der Waals surface area contributed by atoms with Gasteiger partial charge < -0.3 is 10.8 Å². The standard InChI is InChI=1S/C15H12ClNOS/c16-10-4-5-11(13(17)8-10)14(18)12-3-1-2-9-6-7-19-15(9)12/h1-8,14,18H,17H2. The lowest BCUT2D eigenvalue weighted by atomic mass is 9.99. The molecule has 0 fully saturated rings. The van der Waals surface area contributed by atoms with Gasteiger partial charge in [-0.1, -0.05) is 35.9 Å². The number of aliphatic hydroxyl groups excluding tert-OH is 1. The first-order valence-electron chi connectivity index (χ1n) is 5.86. The zero-order valence-corrected chi connectivity index (χ0v) is 11.6. The minimum Gasteiger partial charge on any atom is -0.398 e. The van der Waals surface area contributed by atoms with E-state index in [0.717, 1.165) is 15.6 Å². The van der Waals surface area contributed by atoms with Crippen molar-refractivity contribution >= 4 is 38.7 Å². The Morgan fingerprint density at radius 2 is 1.95 bits per heavy atom. The van der Waals surface area contributed by atoms with Gasteiger partial charge >= 0.3 is 0 Å². The van der Waals surface area contributed by atoms with Gasteiger partial charge in [0.1, 0.15) is 6.10 Å². The van der Waals surface area contributed by atoms with Crippen LogP contribution in [0.5, 0.6) is 0 Å². The second-order valence-electron chi connectivity index (χ2n) is 4.36. The highest BCUT2D eigenvalue weighted by atomic mass is 35.5. The fraction of sp³-hybridized carbons (Fsp3) is 0.0667. The number of thiophene rings is 1. The molecule has 1 aromatic heterocycles. The SMILES string of the molecule is Nc1cc(Cl)ccc1C(O)c1cccc2ccsc12. The Labute approximate surface area is 120 Å². The van der Waals surface area contributed by atoms with Crippen LogP contribution in [0.4, 0.5) is 5.69 Å². The predicted molar refractivity (Wildman–Crippen MR) is 81.8 cm³/mol. The molecule has 0 saturated carbocycles. The highest BCUT2D eigenvalue weighted by Crippen LogP contribution is 2.34. The van der Waals surface area contributed by atoms with Crippen LogP contribution < -0.4 is 5.73 Å². The molecule has 0 amide bonds. The van der Waals surface area contributed by atoms with Crippen molar-refractivity contribution in [2.24, 2.45) is 0 Å². The van der Waals surface area contributed by atoms with Crippen LogP contribution in [0.1, 0.15) is 17.2 Å². The van der Waals surface area contributed by atoms with Crippen LogP contribution in [0.25, 0.3) is 10.1 Å². The van der Waals surface area contributed by atoms with Crippen LogP contribution in [-0.4, -0.2) is 5.11 Å². The Bertz CT molecular complexity index is 738. The quantitative estimate of drug-likeness (QED) is 0.694. The minimum atomic E-state index is -0.736. The van der Waals surface area contributed by atoms with E-state index in [1.54, 1.807) is 29.5 Å². The summed E-state index contributed by atoms with van der Waals surface area (Å²) in [4.78, 5) is 0. The van der Waals surface area contributed by atoms with Crippen molar-refractivity contribution in [1.29, 1.82) is 0 Å². The summed E-state index contributed by atoms with van der Waals surface area (Å²) in [6.07, 6.45) is -0.736. The van der Waals surface area contributed by atoms with E-state index in [1.807, 2.05) is 29.6 Å². The van der Waals surface area contributed by atoms with Gasteiger partial charge in [0.2, 0.25) is 0 Å². The lowest BCUT2D eigenvalue weighted by Gasteiger charge is -2.15. The first-order chi connectivity index (χ1) is 9.16. The Balaban J connectivity index is 2.13. The Morgan fingerprint density at radius 1 is 1.11 bits per heavy atom. The molecular weight excluding hydrogens is 278 g/mol. The van der Waals surface area contributed by atoms with Crippen LogP contribution in [0, 0.1) is 0 Å². The van der Waals surface area contributed by atoms with Gasteiger partial charge in [0.25, 0.3) is 0 Å². The number of nitrogens with two attached hydrogens (primary N) is 1. The van der Waals surface area contributed by atoms with Crippen molar-refractivity contribution in [1.82, 2.24) is 0 Å². The number of fused-ring (bicyclic) bond motifs is 1. The van der Waals surface area contributed by atoms with Crippen LogP contribution >= 0.6 is 22.9 Å². The lowest BCUT2D eigenvalue weighted by Crippen LogP contribution is -2.03. The molecule has 0 radical (unpaired) electrons. The van der Waals surface area contributed by atoms with Gasteiger partial charge in [-0.2, -0.15) is 0 Å². The predicted octanol–water partition coefficient (Wildman–Crippen LogP) is 4.22. The molecule has 3 rings (SSSR count). The molecular formula is C15H12ClNOS. The topological polar surface area (TPSA) is 46.2 Å². The van der Waals surface area contributed by atoms with E-state index in [0.29, 0.717) is 16.3 Å². The van der Waals surface area contributed by atoms with Gasteiger partial charge in [-0.3, -0.25) is 0 Å². The molecule has 0 aliphatic heterocycles. The molecule has 1 atom stereocenters. The monoisotopic (exact) mass is 289 g/mol. The van der Waals surface area contributed by atoms with Gasteiger partial charge in [-0.15, -0.1) is 11.3 Å². The summed E-state index contributed by atoms with van der Waals surface area (Å²) in [5.74, 6) is 0. The molecule has 3 N–H and O–H groups in total. The summed E-state index contributed by atoms with van der Waals surface area (Å²) in [5.41, 5.74) is 8.01. The zero-order valence-electron chi connectivity index (χ0n) is 10.0. The van der Waals surface area contributed by atoms with Crippen LogP contribution in [-0.2, 0) is 0 Å². The third kappa shape index (κ3) is 2.21. The maximum absolute atomic E-state index is 10.6. The molecule has 19 heavy (non-hydrogen) atoms. The third-order valence-electron chi connectivity index (χ3n) is 3.15. The number of anilines is 1. The largest absolute Gasteiger partial charge is 0.398 e. The van der Waals surface area contributed by atoms with Crippen LogP contribution in [0.3, 0.4) is 0 Å². The first kappa shape index (κ1) is 12.5. The highest BCUT2D eigenvalue weighted by molar-refractivity contribution is 7.17. The normalized spacial score (nSPS) is 12.7. The molecule has 0 saturated heterocycles. The summed E-state index contributed by atoms with van der Waals surface area (Å²) in [5, 5.41) is 14.3. The fourth-order valence-corrected chi connectivity index (χ4v) is 3.31. The van der Waals surface area contributed by atoms with E-state index in [1.165, 1.54) is 0 Å². The Kier molecular flexibility index (Phi) is 3.19. The van der Waals surface area contributed by atoms with E-state index in [2.05, 4.69) is 0 Å². The summed E-state index contributed by atoms with van der Waals surface area (Å²) in [6, 6.07) is 13.1. The van der Waals surface area contributed by atoms with Crippen molar-refractivity contribution < 1.29 is 5.11 Å². The molecule has 0 aliphatic rings. The van der Waals surface area contributed by atoms with Gasteiger partial charge in [-0.25, -0.2) is 0 Å². The van der Waals surface area contributed by atoms with E-state index in [-0.39, 0.29) is 0 Å². The van der Waals surface area contributed by atoms with Gasteiger partial charge in [-0.05, 0) is 29.0 Å². The van der Waals surface area contributed by atoms with Crippen molar-refractivity contribution in [3.05, 3.63) is 64.0 Å². The Hall–Kier alpha value is -1.55. The summed E-state index contributed by atoms with van der Waals surface area (Å²) in [7, 11) is 0. The first-order valence-corrected chi connectivity index (χ1v) is 7.11. The van der Waals surface area contributed by atoms with Crippen molar-refractivity contribution in [2.75, 3.05) is 5.73 Å². The average molecular weight is 290 g/mol. The molecule has 96 valence electrons. The van der Waals surface area contributed by atoms with E-state index >= 15 is 0 Å². The number of benzene rings is 2. The fourth-order valence-electron chi connectivity index (χ4n) is 2.19. The summed E-state index contributed by atoms with van der Waals surface area (Å²) in [6.45, 7) is 0. The van der Waals surface area contributed by atoms with E-state index < -0.39 is 6.10 Å². The van der Waals surface area contributed by atoms with Gasteiger partial charge in [0.05, 0.1) is 0 Å². The maximum atomic E-state index is 10.6. The number of rotatable bonds is 2. The second-order valence-corrected chi connectivity index (χ2v) is 5.71. The molecule has 3 aromatic rings. The number of halogens is 1. The molecule has 2 nitrogen and oxygen atoms in total. The highest BCUT2D eigenvalue weighted by Gasteiger charge is 2.16. The lowest BCUT2D eigenvalue weighted by molar-refractivity contribution is 0.223. The number of aliphatic hydroxyl groups is 1. The van der Waals surface area contributed by atoms with Crippen LogP contribution in [0.2, 0.25) is 5.02 Å². The third-order valence-corrected chi connectivity index (χ3v) is 4.36. The Morgan fingerprint density at radius 3 is 2.74 bits per heavy atom. The van der Waals surface area contributed by atoms with Crippen molar-refractivity contribution in [2.45, 2.75) is 6.10 Å². The summed E-state index contributed by atoms with van der Waals surface area (Å²) < 4.78 is 1.09. The number of hydrogen-bond donors (Lipinski definition) is 2. The van der Waals surface area contributed by atoms with E-state index in [9.17, 15) is 5.11 Å². The molecule has 4 heteroatoms. The molecule has 2 aromatic carbocycles. The molecule has 0 spiro atoms. The average Bonchev–Trinajstić information content (AvgIpc) is 2.86. The second kappa shape index (κ2) is 4.85. The number of nitrogen functional groups attached to an aromatic ring is 1. The van der Waals surface area contributed by atoms with Crippen molar-refractivity contribution in [3.8, 4) is 0 Å². The molecule has 0 bridgehead atoms. The molecule has 0 aliphatic carbocycles.